The van der Waals surface area contributed by atoms with Crippen LogP contribution in [0.5, 0.6) is 0 Å². The Balaban J connectivity index is 2.88. The minimum Gasteiger partial charge on any atom is -0.222 e. The highest BCUT2D eigenvalue weighted by atomic mass is 35.5. The maximum Gasteiger partial charge on any atom is 0.224 e. The van der Waals surface area contributed by atoms with Gasteiger partial charge in [0.15, 0.2) is 5.65 Å². The quantitative estimate of drug-likeness (QED) is 0.612. The third-order valence-corrected chi connectivity index (χ3v) is 2.74. The van der Waals surface area contributed by atoms with E-state index in [1.165, 1.54) is 0 Å². The van der Waals surface area contributed by atoms with Crippen LogP contribution in [0.2, 0.25) is 5.28 Å². The van der Waals surface area contributed by atoms with Crippen molar-refractivity contribution in [1.29, 1.82) is 0 Å². The van der Waals surface area contributed by atoms with Gasteiger partial charge in [0, 0.05) is 0 Å². The van der Waals surface area contributed by atoms with Crippen LogP contribution < -0.4 is 0 Å². The largest absolute Gasteiger partial charge is 0.224 e. The topological polar surface area (TPSA) is 38.7 Å². The number of aromatic nitrogens is 3. The van der Waals surface area contributed by atoms with Crippen LogP contribution in [0.25, 0.3) is 10.3 Å². The molecule has 0 aliphatic heterocycles. The highest BCUT2D eigenvalue weighted by Gasteiger charge is 2.06. The van der Waals surface area contributed by atoms with Gasteiger partial charge in [-0.15, -0.1) is 11.3 Å². The van der Waals surface area contributed by atoms with E-state index in [0.717, 1.165) is 15.4 Å². The van der Waals surface area contributed by atoms with E-state index >= 15 is 0 Å². The molecule has 0 radical (unpaired) electrons. The molecule has 5 heteroatoms. The molecule has 2 aromatic heterocycles. The Morgan fingerprint density at radius 2 is 1.92 bits per heavy atom. The molecular weight excluding hydrogens is 194 g/mol. The van der Waals surface area contributed by atoms with E-state index in [1.807, 2.05) is 13.8 Å². The molecule has 0 saturated heterocycles. The van der Waals surface area contributed by atoms with E-state index in [1.54, 1.807) is 11.3 Å². The third-order valence-electron chi connectivity index (χ3n) is 1.50. The molecule has 0 bridgehead atoms. The average molecular weight is 200 g/mol. The molecule has 3 nitrogen and oxygen atoms in total. The minimum absolute atomic E-state index is 0.269. The summed E-state index contributed by atoms with van der Waals surface area (Å²) in [5.74, 6) is 0. The fourth-order valence-electron chi connectivity index (χ4n) is 1.03. The van der Waals surface area contributed by atoms with Crippen molar-refractivity contribution in [2.45, 2.75) is 13.8 Å². The second-order valence-corrected chi connectivity index (χ2v) is 4.00. The summed E-state index contributed by atoms with van der Waals surface area (Å²) in [5, 5.41) is 1.26. The predicted octanol–water partition coefficient (Wildman–Crippen LogP) is 2.36. The number of fused-ring (bicyclic) bond motifs is 1. The highest BCUT2D eigenvalue weighted by Crippen LogP contribution is 2.23. The normalized spacial score (nSPS) is 10.9. The standard InChI is InChI=1S/C7H6ClN3S/c1-3-5-6(10-4(2)12-5)11-7(8)9-3/h1-2H3. The summed E-state index contributed by atoms with van der Waals surface area (Å²) in [6.45, 7) is 3.85. The first kappa shape index (κ1) is 7.89. The van der Waals surface area contributed by atoms with Crippen LogP contribution in [0.1, 0.15) is 10.7 Å². The van der Waals surface area contributed by atoms with Crippen LogP contribution in [-0.4, -0.2) is 15.0 Å². The van der Waals surface area contributed by atoms with Crippen LogP contribution in [-0.2, 0) is 0 Å². The third kappa shape index (κ3) is 1.17. The molecule has 0 amide bonds. The van der Waals surface area contributed by atoms with Gasteiger partial charge in [0.05, 0.1) is 15.4 Å². The van der Waals surface area contributed by atoms with Gasteiger partial charge < -0.3 is 0 Å². The summed E-state index contributed by atoms with van der Waals surface area (Å²) in [6, 6.07) is 0. The Morgan fingerprint density at radius 1 is 1.17 bits per heavy atom. The second-order valence-electron chi connectivity index (χ2n) is 2.46. The zero-order valence-electron chi connectivity index (χ0n) is 6.63. The van der Waals surface area contributed by atoms with Crippen LogP contribution in [0, 0.1) is 13.8 Å². The number of thiazole rings is 1. The maximum atomic E-state index is 5.68. The number of nitrogens with zero attached hydrogens (tertiary/aromatic N) is 3. The zero-order chi connectivity index (χ0) is 8.72. The Morgan fingerprint density at radius 3 is 2.67 bits per heavy atom. The molecule has 2 heterocycles. The highest BCUT2D eigenvalue weighted by molar-refractivity contribution is 7.18. The molecule has 0 aliphatic carbocycles. The van der Waals surface area contributed by atoms with Gasteiger partial charge in [0.25, 0.3) is 0 Å². The molecule has 0 atom stereocenters. The Hall–Kier alpha value is -0.740. The Labute approximate surface area is 78.4 Å². The van der Waals surface area contributed by atoms with Gasteiger partial charge in [0.2, 0.25) is 5.28 Å². The van der Waals surface area contributed by atoms with Crippen molar-refractivity contribution in [1.82, 2.24) is 15.0 Å². The lowest BCUT2D eigenvalue weighted by Crippen LogP contribution is -1.86. The predicted molar refractivity (Wildman–Crippen MR) is 49.7 cm³/mol. The number of halogens is 1. The van der Waals surface area contributed by atoms with E-state index in [4.69, 9.17) is 11.6 Å². The SMILES string of the molecule is Cc1nc2nc(Cl)nc(C)c2s1. The van der Waals surface area contributed by atoms with E-state index in [9.17, 15) is 0 Å². The van der Waals surface area contributed by atoms with Crippen molar-refractivity contribution in [2.75, 3.05) is 0 Å². The minimum atomic E-state index is 0.269. The van der Waals surface area contributed by atoms with Crippen molar-refractivity contribution in [3.8, 4) is 0 Å². The summed E-state index contributed by atoms with van der Waals surface area (Å²) in [6.07, 6.45) is 0. The van der Waals surface area contributed by atoms with E-state index < -0.39 is 0 Å². The molecule has 2 aromatic rings. The van der Waals surface area contributed by atoms with Gasteiger partial charge in [0.1, 0.15) is 0 Å². The summed E-state index contributed by atoms with van der Waals surface area (Å²) < 4.78 is 1.02. The lowest BCUT2D eigenvalue weighted by Gasteiger charge is -1.92. The van der Waals surface area contributed by atoms with Crippen molar-refractivity contribution >= 4 is 33.3 Å². The smallest absolute Gasteiger partial charge is 0.222 e. The van der Waals surface area contributed by atoms with Crippen LogP contribution >= 0.6 is 22.9 Å². The second kappa shape index (κ2) is 2.64. The molecule has 0 N–H and O–H groups in total. The average Bonchev–Trinajstić information content (AvgIpc) is 2.29. The first-order chi connectivity index (χ1) is 5.66. The van der Waals surface area contributed by atoms with Crippen molar-refractivity contribution in [2.24, 2.45) is 0 Å². The fourth-order valence-corrected chi connectivity index (χ4v) is 2.04. The summed E-state index contributed by atoms with van der Waals surface area (Å²) in [7, 11) is 0. The molecule has 0 saturated carbocycles. The number of aryl methyl sites for hydroxylation is 2. The molecule has 2 rings (SSSR count). The van der Waals surface area contributed by atoms with Gasteiger partial charge in [-0.05, 0) is 25.4 Å². The van der Waals surface area contributed by atoms with Crippen LogP contribution in [0.3, 0.4) is 0 Å². The van der Waals surface area contributed by atoms with E-state index in [-0.39, 0.29) is 5.28 Å². The maximum absolute atomic E-state index is 5.68. The van der Waals surface area contributed by atoms with E-state index in [2.05, 4.69) is 15.0 Å². The Kier molecular flexibility index (Phi) is 1.73. The number of hydrogen-bond donors (Lipinski definition) is 0. The lowest BCUT2D eigenvalue weighted by molar-refractivity contribution is 1.14. The van der Waals surface area contributed by atoms with Crippen LogP contribution in [0.4, 0.5) is 0 Å². The summed E-state index contributed by atoms with van der Waals surface area (Å²) in [5.41, 5.74) is 1.60. The van der Waals surface area contributed by atoms with E-state index in [0.29, 0.717) is 5.65 Å². The van der Waals surface area contributed by atoms with Gasteiger partial charge in [-0.1, -0.05) is 0 Å². The van der Waals surface area contributed by atoms with Gasteiger partial charge in [-0.3, -0.25) is 0 Å². The first-order valence-electron chi connectivity index (χ1n) is 3.44. The van der Waals surface area contributed by atoms with Crippen molar-refractivity contribution in [3.05, 3.63) is 16.0 Å². The van der Waals surface area contributed by atoms with Gasteiger partial charge in [-0.2, -0.15) is 4.98 Å². The van der Waals surface area contributed by atoms with Gasteiger partial charge in [-0.25, -0.2) is 9.97 Å². The zero-order valence-corrected chi connectivity index (χ0v) is 8.20. The summed E-state index contributed by atoms with van der Waals surface area (Å²) in [4.78, 5) is 12.3. The molecule has 0 aromatic carbocycles. The van der Waals surface area contributed by atoms with Crippen molar-refractivity contribution in [3.63, 3.8) is 0 Å². The fraction of sp³-hybridized carbons (Fsp3) is 0.286. The monoisotopic (exact) mass is 199 g/mol. The lowest BCUT2D eigenvalue weighted by atomic mass is 10.4. The Bertz CT molecular complexity index is 437. The van der Waals surface area contributed by atoms with Crippen molar-refractivity contribution < 1.29 is 0 Å². The molecule has 0 unspecified atom stereocenters. The number of hydrogen-bond acceptors (Lipinski definition) is 4. The molecular formula is C7H6ClN3S. The summed E-state index contributed by atoms with van der Waals surface area (Å²) >= 11 is 7.27. The number of rotatable bonds is 0. The first-order valence-corrected chi connectivity index (χ1v) is 4.63. The molecule has 0 fully saturated rings. The molecule has 12 heavy (non-hydrogen) atoms. The molecule has 0 aliphatic rings. The van der Waals surface area contributed by atoms with Crippen LogP contribution in [0.15, 0.2) is 0 Å². The molecule has 62 valence electrons. The molecule has 0 spiro atoms. The van der Waals surface area contributed by atoms with Gasteiger partial charge >= 0.3 is 0 Å².